The second-order valence-corrected chi connectivity index (χ2v) is 7.57. The molecule has 1 aromatic rings. The number of anilines is 1. The highest BCUT2D eigenvalue weighted by Gasteiger charge is 2.73. The van der Waals surface area contributed by atoms with Crippen LogP contribution in [0.3, 0.4) is 0 Å². The van der Waals surface area contributed by atoms with Crippen LogP contribution < -0.4 is 4.72 Å². The molecule has 0 heterocycles. The number of hydrogen-bond acceptors (Lipinski definition) is 2. The van der Waals surface area contributed by atoms with Crippen LogP contribution in [0, 0.1) is 12.3 Å². The molecule has 0 aromatic heterocycles. The highest BCUT2D eigenvalue weighted by atomic mass is 32.2. The lowest BCUT2D eigenvalue weighted by atomic mass is 9.95. The largest absolute Gasteiger partial charge is 0.401 e. The summed E-state index contributed by atoms with van der Waals surface area (Å²) in [6.07, 6.45) is -6.13. The molecular weight excluding hydrogens is 358 g/mol. The zero-order valence-corrected chi connectivity index (χ0v) is 14.2. The normalized spacial score (nSPS) is 23.9. The van der Waals surface area contributed by atoms with Crippen LogP contribution in [-0.4, -0.2) is 20.8 Å². The van der Waals surface area contributed by atoms with E-state index in [-0.39, 0.29) is 5.69 Å². The van der Waals surface area contributed by atoms with Gasteiger partial charge in [-0.2, -0.15) is 13.2 Å². The molecular formula is C17H17F4NO2S. The average molecular weight is 375 g/mol. The van der Waals surface area contributed by atoms with Gasteiger partial charge in [-0.15, -0.1) is 0 Å². The van der Waals surface area contributed by atoms with Crippen LogP contribution in [0.2, 0.25) is 0 Å². The molecule has 3 nitrogen and oxygen atoms in total. The fourth-order valence-corrected chi connectivity index (χ4v) is 3.49. The summed E-state index contributed by atoms with van der Waals surface area (Å²) in [5.41, 5.74) is -2.22. The van der Waals surface area contributed by atoms with Gasteiger partial charge in [-0.05, 0) is 36.8 Å². The minimum Gasteiger partial charge on any atom is -0.280 e. The molecule has 0 radical (unpaired) electrons. The number of allylic oxidation sites excluding steroid dienone is 3. The van der Waals surface area contributed by atoms with E-state index in [2.05, 4.69) is 17.9 Å². The zero-order valence-electron chi connectivity index (χ0n) is 13.4. The SMILES string of the molecule is C=C/C(=C\C(=C)C1(C(F)(F)F)CC1F)S(=O)(=O)Nc1ccc(C)cc1. The predicted octanol–water partition coefficient (Wildman–Crippen LogP) is 4.65. The number of benzene rings is 1. The predicted molar refractivity (Wildman–Crippen MR) is 89.1 cm³/mol. The molecule has 0 spiro atoms. The van der Waals surface area contributed by atoms with Gasteiger partial charge in [0, 0.05) is 12.1 Å². The van der Waals surface area contributed by atoms with E-state index in [0.29, 0.717) is 0 Å². The van der Waals surface area contributed by atoms with Gasteiger partial charge >= 0.3 is 6.18 Å². The molecule has 1 fully saturated rings. The second-order valence-electron chi connectivity index (χ2n) is 5.89. The molecule has 25 heavy (non-hydrogen) atoms. The van der Waals surface area contributed by atoms with E-state index in [1.165, 1.54) is 12.1 Å². The van der Waals surface area contributed by atoms with Crippen LogP contribution in [0.1, 0.15) is 12.0 Å². The molecule has 0 bridgehead atoms. The van der Waals surface area contributed by atoms with E-state index in [4.69, 9.17) is 0 Å². The lowest BCUT2D eigenvalue weighted by Gasteiger charge is -2.20. The molecule has 2 rings (SSSR count). The van der Waals surface area contributed by atoms with Gasteiger partial charge in [0.2, 0.25) is 0 Å². The Kier molecular flexibility index (Phi) is 4.87. The van der Waals surface area contributed by atoms with E-state index in [9.17, 15) is 26.0 Å². The molecule has 136 valence electrons. The number of hydrogen-bond donors (Lipinski definition) is 1. The van der Waals surface area contributed by atoms with Gasteiger partial charge in [0.25, 0.3) is 10.0 Å². The average Bonchev–Trinajstić information content (AvgIpc) is 3.19. The van der Waals surface area contributed by atoms with Crippen LogP contribution in [0.5, 0.6) is 0 Å². The number of nitrogens with one attached hydrogen (secondary N) is 1. The molecule has 0 aliphatic heterocycles. The van der Waals surface area contributed by atoms with Gasteiger partial charge in [0.1, 0.15) is 11.6 Å². The molecule has 1 aromatic carbocycles. The Balaban J connectivity index is 2.31. The van der Waals surface area contributed by atoms with E-state index >= 15 is 0 Å². The van der Waals surface area contributed by atoms with E-state index < -0.39 is 44.7 Å². The summed E-state index contributed by atoms with van der Waals surface area (Å²) >= 11 is 0. The Hall–Kier alpha value is -2.09. The number of halogens is 4. The maximum absolute atomic E-state index is 13.4. The molecule has 1 aliphatic carbocycles. The third-order valence-electron chi connectivity index (χ3n) is 4.09. The minimum absolute atomic E-state index is 0.240. The highest BCUT2D eigenvalue weighted by Crippen LogP contribution is 2.64. The molecule has 1 saturated carbocycles. The Morgan fingerprint density at radius 2 is 1.84 bits per heavy atom. The topological polar surface area (TPSA) is 46.2 Å². The third kappa shape index (κ3) is 3.63. The Morgan fingerprint density at radius 3 is 2.24 bits per heavy atom. The fourth-order valence-electron chi connectivity index (χ4n) is 2.41. The van der Waals surface area contributed by atoms with Crippen LogP contribution in [0.25, 0.3) is 0 Å². The van der Waals surface area contributed by atoms with Crippen molar-refractivity contribution in [2.45, 2.75) is 25.7 Å². The Labute approximate surface area is 143 Å². The van der Waals surface area contributed by atoms with Gasteiger partial charge in [0.05, 0.1) is 4.91 Å². The van der Waals surface area contributed by atoms with Gasteiger partial charge < -0.3 is 0 Å². The van der Waals surface area contributed by atoms with Crippen molar-refractivity contribution in [3.8, 4) is 0 Å². The smallest absolute Gasteiger partial charge is 0.280 e. The summed E-state index contributed by atoms with van der Waals surface area (Å²) in [6, 6.07) is 6.37. The van der Waals surface area contributed by atoms with Crippen molar-refractivity contribution >= 4 is 15.7 Å². The van der Waals surface area contributed by atoms with Crippen molar-refractivity contribution in [3.05, 3.63) is 65.6 Å². The highest BCUT2D eigenvalue weighted by molar-refractivity contribution is 7.96. The quantitative estimate of drug-likeness (QED) is 0.581. The molecule has 2 unspecified atom stereocenters. The van der Waals surface area contributed by atoms with E-state index in [0.717, 1.165) is 17.7 Å². The van der Waals surface area contributed by atoms with Gasteiger partial charge in [-0.25, -0.2) is 12.8 Å². The molecule has 0 saturated heterocycles. The van der Waals surface area contributed by atoms with Crippen molar-refractivity contribution in [2.75, 3.05) is 4.72 Å². The van der Waals surface area contributed by atoms with Crippen molar-refractivity contribution in [1.29, 1.82) is 0 Å². The summed E-state index contributed by atoms with van der Waals surface area (Å²) in [7, 11) is -4.19. The van der Waals surface area contributed by atoms with Crippen molar-refractivity contribution < 1.29 is 26.0 Å². The zero-order chi connectivity index (χ0) is 19.0. The molecule has 8 heteroatoms. The summed E-state index contributed by atoms with van der Waals surface area (Å²) in [6.45, 7) is 8.38. The molecule has 2 atom stereocenters. The lowest BCUT2D eigenvalue weighted by molar-refractivity contribution is -0.179. The van der Waals surface area contributed by atoms with Crippen molar-refractivity contribution in [1.82, 2.24) is 0 Å². The van der Waals surface area contributed by atoms with Crippen molar-refractivity contribution in [2.24, 2.45) is 5.41 Å². The maximum Gasteiger partial charge on any atom is 0.401 e. The molecule has 0 amide bonds. The second kappa shape index (κ2) is 6.33. The van der Waals surface area contributed by atoms with Gasteiger partial charge in [0.15, 0.2) is 0 Å². The number of rotatable bonds is 6. The van der Waals surface area contributed by atoms with Crippen LogP contribution in [0.4, 0.5) is 23.2 Å². The monoisotopic (exact) mass is 375 g/mol. The summed E-state index contributed by atoms with van der Waals surface area (Å²) in [5.74, 6) is 0. The lowest BCUT2D eigenvalue weighted by Crippen LogP contribution is -2.29. The molecule has 1 N–H and O–H groups in total. The van der Waals surface area contributed by atoms with Crippen LogP contribution >= 0.6 is 0 Å². The number of aryl methyl sites for hydroxylation is 1. The first-order valence-electron chi connectivity index (χ1n) is 7.28. The first kappa shape index (κ1) is 19.2. The standard InChI is InChI=1S/C17H17F4NO2S/c1-4-14(9-12(3)16(10-15(16)18)17(19,20)21)25(23,24)22-13-7-5-11(2)6-8-13/h4-9,15,22H,1,3,10H2,2H3/b14-9+. The Morgan fingerprint density at radius 1 is 1.32 bits per heavy atom. The van der Waals surface area contributed by atoms with E-state index in [1.54, 1.807) is 12.1 Å². The first-order valence-corrected chi connectivity index (χ1v) is 8.76. The Bertz CT molecular complexity index is 825. The van der Waals surface area contributed by atoms with Crippen LogP contribution in [-0.2, 0) is 10.0 Å². The number of alkyl halides is 4. The summed E-state index contributed by atoms with van der Waals surface area (Å²) in [4.78, 5) is -0.513. The number of sulfonamides is 1. The van der Waals surface area contributed by atoms with Crippen LogP contribution in [0.15, 0.2) is 60.1 Å². The third-order valence-corrected chi connectivity index (χ3v) is 5.50. The fraction of sp³-hybridized carbons (Fsp3) is 0.294. The first-order chi connectivity index (χ1) is 11.4. The van der Waals surface area contributed by atoms with Crippen molar-refractivity contribution in [3.63, 3.8) is 0 Å². The van der Waals surface area contributed by atoms with Gasteiger partial charge in [-0.3, -0.25) is 4.72 Å². The summed E-state index contributed by atoms with van der Waals surface area (Å²) < 4.78 is 79.7. The van der Waals surface area contributed by atoms with E-state index in [1.807, 2.05) is 6.92 Å². The minimum atomic E-state index is -4.85. The van der Waals surface area contributed by atoms with Gasteiger partial charge in [-0.1, -0.05) is 30.9 Å². The summed E-state index contributed by atoms with van der Waals surface area (Å²) in [5, 5.41) is 0. The molecule has 1 aliphatic rings. The maximum atomic E-state index is 13.4.